The van der Waals surface area contributed by atoms with Crippen molar-refractivity contribution < 1.29 is 14.4 Å². The Morgan fingerprint density at radius 3 is 2.48 bits per heavy atom. The molecule has 2 aromatic rings. The van der Waals surface area contributed by atoms with E-state index in [0.717, 1.165) is 5.56 Å². The van der Waals surface area contributed by atoms with Crippen LogP contribution in [-0.4, -0.2) is 17.6 Å². The Labute approximate surface area is 133 Å². The summed E-state index contributed by atoms with van der Waals surface area (Å²) in [5.41, 5.74) is 7.50. The van der Waals surface area contributed by atoms with Gasteiger partial charge in [0.15, 0.2) is 5.78 Å². The zero-order valence-electron chi connectivity index (χ0n) is 12.4. The summed E-state index contributed by atoms with van der Waals surface area (Å²) >= 11 is 0. The highest BCUT2D eigenvalue weighted by atomic mass is 16.2. The van der Waals surface area contributed by atoms with Crippen LogP contribution in [0.5, 0.6) is 0 Å². The van der Waals surface area contributed by atoms with Gasteiger partial charge in [-0.05, 0) is 24.1 Å². The molecule has 5 heteroatoms. The zero-order chi connectivity index (χ0) is 16.4. The lowest BCUT2D eigenvalue weighted by Gasteiger charge is -2.23. The van der Waals surface area contributed by atoms with Crippen LogP contribution in [0.15, 0.2) is 48.5 Å². The second kappa shape index (κ2) is 6.04. The second-order valence-corrected chi connectivity index (χ2v) is 5.58. The molecule has 0 aromatic heterocycles. The summed E-state index contributed by atoms with van der Waals surface area (Å²) in [5.74, 6) is -1.36. The van der Waals surface area contributed by atoms with Crippen molar-refractivity contribution in [2.45, 2.75) is 12.8 Å². The van der Waals surface area contributed by atoms with Gasteiger partial charge in [0.2, 0.25) is 5.91 Å². The van der Waals surface area contributed by atoms with Crippen LogP contribution in [0, 0.1) is 5.92 Å². The molecule has 3 rings (SSSR count). The first-order chi connectivity index (χ1) is 11.1. The summed E-state index contributed by atoms with van der Waals surface area (Å²) in [5, 5.41) is 2.72. The highest BCUT2D eigenvalue weighted by Gasteiger charge is 2.30. The number of amides is 2. The summed E-state index contributed by atoms with van der Waals surface area (Å²) in [6.45, 7) is 0. The number of ketones is 1. The molecule has 2 aromatic carbocycles. The summed E-state index contributed by atoms with van der Waals surface area (Å²) in [6, 6.07) is 13.9. The molecule has 0 bridgehead atoms. The standard InChI is InChI=1S/C18H16N2O3/c19-17(22)14-7-3-4-8-15(14)20-18(23)12-9-11-5-1-2-6-13(11)16(21)10-12/h1-8,12H,9-10H2,(H2,19,22)(H,20,23). The molecule has 2 amide bonds. The average Bonchev–Trinajstić information content (AvgIpc) is 2.55. The molecule has 0 spiro atoms. The quantitative estimate of drug-likeness (QED) is 0.910. The number of hydrogen-bond donors (Lipinski definition) is 2. The molecule has 5 nitrogen and oxygen atoms in total. The third kappa shape index (κ3) is 2.99. The molecule has 0 fully saturated rings. The summed E-state index contributed by atoms with van der Waals surface area (Å²) < 4.78 is 0. The Morgan fingerprint density at radius 1 is 1.00 bits per heavy atom. The van der Waals surface area contributed by atoms with Gasteiger partial charge in [0.1, 0.15) is 0 Å². The van der Waals surface area contributed by atoms with E-state index in [1.165, 1.54) is 0 Å². The van der Waals surface area contributed by atoms with Crippen molar-refractivity contribution in [3.63, 3.8) is 0 Å². The van der Waals surface area contributed by atoms with Crippen LogP contribution in [0.4, 0.5) is 5.69 Å². The van der Waals surface area contributed by atoms with Gasteiger partial charge < -0.3 is 11.1 Å². The number of rotatable bonds is 3. The van der Waals surface area contributed by atoms with Crippen LogP contribution in [0.1, 0.15) is 32.7 Å². The first-order valence-electron chi connectivity index (χ1n) is 7.37. The number of Topliss-reactive ketones (excluding diaryl/α,β-unsaturated/α-hetero) is 1. The number of benzene rings is 2. The maximum Gasteiger partial charge on any atom is 0.250 e. The number of anilines is 1. The van der Waals surface area contributed by atoms with E-state index in [9.17, 15) is 14.4 Å². The molecular formula is C18H16N2O3. The number of carbonyl (C=O) groups is 3. The van der Waals surface area contributed by atoms with Crippen LogP contribution in [-0.2, 0) is 11.2 Å². The van der Waals surface area contributed by atoms with E-state index in [4.69, 9.17) is 5.73 Å². The van der Waals surface area contributed by atoms with E-state index in [2.05, 4.69) is 5.32 Å². The van der Waals surface area contributed by atoms with E-state index >= 15 is 0 Å². The predicted molar refractivity (Wildman–Crippen MR) is 86.2 cm³/mol. The minimum Gasteiger partial charge on any atom is -0.366 e. The van der Waals surface area contributed by atoms with Gasteiger partial charge in [0, 0.05) is 17.9 Å². The normalized spacial score (nSPS) is 16.5. The van der Waals surface area contributed by atoms with Crippen molar-refractivity contribution in [3.05, 3.63) is 65.2 Å². The number of primary amides is 1. The molecule has 23 heavy (non-hydrogen) atoms. The lowest BCUT2D eigenvalue weighted by molar-refractivity contribution is -0.119. The molecule has 1 unspecified atom stereocenters. The Morgan fingerprint density at radius 2 is 1.70 bits per heavy atom. The van der Waals surface area contributed by atoms with Crippen molar-refractivity contribution in [1.82, 2.24) is 0 Å². The lowest BCUT2D eigenvalue weighted by atomic mass is 9.82. The SMILES string of the molecule is NC(=O)c1ccccc1NC(=O)C1CC(=O)c2ccccc2C1. The predicted octanol–water partition coefficient (Wildman–Crippen LogP) is 2.17. The first-order valence-corrected chi connectivity index (χ1v) is 7.37. The van der Waals surface area contributed by atoms with Gasteiger partial charge in [-0.15, -0.1) is 0 Å². The van der Waals surface area contributed by atoms with Crippen molar-refractivity contribution in [3.8, 4) is 0 Å². The minimum atomic E-state index is -0.606. The van der Waals surface area contributed by atoms with Crippen molar-refractivity contribution in [1.29, 1.82) is 0 Å². The highest BCUT2D eigenvalue weighted by Crippen LogP contribution is 2.27. The number of fused-ring (bicyclic) bond motifs is 1. The van der Waals surface area contributed by atoms with Crippen LogP contribution in [0.3, 0.4) is 0 Å². The maximum atomic E-state index is 12.5. The Balaban J connectivity index is 1.81. The summed E-state index contributed by atoms with van der Waals surface area (Å²) in [6.07, 6.45) is 0.675. The van der Waals surface area contributed by atoms with Crippen LogP contribution in [0.2, 0.25) is 0 Å². The molecule has 0 radical (unpaired) electrons. The lowest BCUT2D eigenvalue weighted by Crippen LogP contribution is -2.31. The number of nitrogens with one attached hydrogen (secondary N) is 1. The number of hydrogen-bond acceptors (Lipinski definition) is 3. The van der Waals surface area contributed by atoms with Crippen molar-refractivity contribution >= 4 is 23.3 Å². The Kier molecular flexibility index (Phi) is 3.93. The molecule has 0 aliphatic heterocycles. The van der Waals surface area contributed by atoms with Gasteiger partial charge in [-0.3, -0.25) is 14.4 Å². The third-order valence-corrected chi connectivity index (χ3v) is 4.04. The molecule has 0 saturated carbocycles. The minimum absolute atomic E-state index is 0.0322. The van der Waals surface area contributed by atoms with Crippen molar-refractivity contribution in [2.75, 3.05) is 5.32 Å². The molecule has 0 heterocycles. The topological polar surface area (TPSA) is 89.3 Å². The van der Waals surface area contributed by atoms with E-state index in [1.807, 2.05) is 18.2 Å². The Hall–Kier alpha value is -2.95. The molecule has 3 N–H and O–H groups in total. The van der Waals surface area contributed by atoms with Crippen LogP contribution >= 0.6 is 0 Å². The summed E-state index contributed by atoms with van der Waals surface area (Å²) in [4.78, 5) is 36.1. The largest absolute Gasteiger partial charge is 0.366 e. The molecule has 1 atom stereocenters. The molecule has 116 valence electrons. The van der Waals surface area contributed by atoms with Crippen LogP contribution < -0.4 is 11.1 Å². The van der Waals surface area contributed by atoms with E-state index in [1.54, 1.807) is 30.3 Å². The second-order valence-electron chi connectivity index (χ2n) is 5.58. The zero-order valence-corrected chi connectivity index (χ0v) is 12.4. The fourth-order valence-electron chi connectivity index (χ4n) is 2.87. The van der Waals surface area contributed by atoms with Crippen LogP contribution in [0.25, 0.3) is 0 Å². The van der Waals surface area contributed by atoms with Gasteiger partial charge >= 0.3 is 0 Å². The Bertz CT molecular complexity index is 798. The third-order valence-electron chi connectivity index (χ3n) is 4.04. The van der Waals surface area contributed by atoms with Gasteiger partial charge in [-0.1, -0.05) is 36.4 Å². The average molecular weight is 308 g/mol. The molecular weight excluding hydrogens is 292 g/mol. The van der Waals surface area contributed by atoms with Crippen molar-refractivity contribution in [2.24, 2.45) is 11.7 Å². The van der Waals surface area contributed by atoms with Gasteiger partial charge in [-0.25, -0.2) is 0 Å². The monoisotopic (exact) mass is 308 g/mol. The highest BCUT2D eigenvalue weighted by molar-refractivity contribution is 6.06. The summed E-state index contributed by atoms with van der Waals surface area (Å²) in [7, 11) is 0. The number of nitrogens with two attached hydrogens (primary N) is 1. The maximum absolute atomic E-state index is 12.5. The van der Waals surface area contributed by atoms with E-state index in [-0.39, 0.29) is 23.7 Å². The smallest absolute Gasteiger partial charge is 0.250 e. The fourth-order valence-corrected chi connectivity index (χ4v) is 2.87. The van der Waals surface area contributed by atoms with E-state index in [0.29, 0.717) is 17.7 Å². The molecule has 1 aliphatic carbocycles. The van der Waals surface area contributed by atoms with Gasteiger partial charge in [-0.2, -0.15) is 0 Å². The van der Waals surface area contributed by atoms with Gasteiger partial charge in [0.05, 0.1) is 11.3 Å². The van der Waals surface area contributed by atoms with E-state index < -0.39 is 11.8 Å². The van der Waals surface area contributed by atoms with Gasteiger partial charge in [0.25, 0.3) is 5.91 Å². The number of para-hydroxylation sites is 1. The first kappa shape index (κ1) is 15.0. The molecule has 1 aliphatic rings. The fraction of sp³-hybridized carbons (Fsp3) is 0.167. The number of carbonyl (C=O) groups excluding carboxylic acids is 3. The molecule has 0 saturated heterocycles.